The van der Waals surface area contributed by atoms with Gasteiger partial charge in [-0.05, 0) is 126 Å². The van der Waals surface area contributed by atoms with Crippen LogP contribution in [0.15, 0.2) is 74.6 Å². The molecule has 6 aliphatic heterocycles. The Kier molecular flexibility index (Phi) is 22.8. The maximum absolute atomic E-state index is 12.2. The van der Waals surface area contributed by atoms with Crippen molar-refractivity contribution in [2.75, 3.05) is 112 Å². The highest BCUT2D eigenvalue weighted by molar-refractivity contribution is 7.59. The first-order valence-electron chi connectivity index (χ1n) is 30.5. The molecule has 10 heterocycles. The van der Waals surface area contributed by atoms with Gasteiger partial charge in [0.1, 0.15) is 24.8 Å². The Labute approximate surface area is 525 Å². The van der Waals surface area contributed by atoms with Crippen LogP contribution in [0.2, 0.25) is 0 Å². The van der Waals surface area contributed by atoms with Crippen molar-refractivity contribution in [2.24, 2.45) is 0 Å². The number of fused-ring (bicyclic) bond motifs is 4. The van der Waals surface area contributed by atoms with Crippen LogP contribution in [0.25, 0.3) is 21.8 Å². The van der Waals surface area contributed by atoms with Crippen LogP contribution in [-0.4, -0.2) is 178 Å². The summed E-state index contributed by atoms with van der Waals surface area (Å²) >= 11 is 0. The zero-order chi connectivity index (χ0) is 59.7. The number of likely N-dealkylation sites (tertiary alicyclic amines) is 2. The smallest absolute Gasteiger partial charge is 0.338 e. The first-order chi connectivity index (χ1) is 41.2. The van der Waals surface area contributed by atoms with Gasteiger partial charge in [-0.25, -0.2) is 9.59 Å². The Bertz CT molecular complexity index is 3360. The van der Waals surface area contributed by atoms with E-state index in [0.717, 1.165) is 130 Å². The van der Waals surface area contributed by atoms with Crippen molar-refractivity contribution in [3.63, 3.8) is 0 Å². The van der Waals surface area contributed by atoms with Gasteiger partial charge in [-0.1, -0.05) is 59.6 Å². The molecule has 12 rings (SSSR count). The minimum Gasteiger partial charge on any atom is -0.462 e. The van der Waals surface area contributed by atoms with Gasteiger partial charge >= 0.3 is 24.0 Å². The van der Waals surface area contributed by atoms with Crippen LogP contribution in [0.3, 0.4) is 0 Å². The van der Waals surface area contributed by atoms with E-state index in [4.69, 9.17) is 29.4 Å². The van der Waals surface area contributed by atoms with Gasteiger partial charge in [-0.3, -0.25) is 15.0 Å². The van der Waals surface area contributed by atoms with Gasteiger partial charge in [0.2, 0.25) is 5.91 Å². The van der Waals surface area contributed by atoms with Gasteiger partial charge in [-0.15, -0.1) is 0 Å². The summed E-state index contributed by atoms with van der Waals surface area (Å²) in [4.78, 5) is 68.9. The molecule has 4 aromatic heterocycles. The molecule has 1 amide bonds. The Morgan fingerprint density at radius 2 is 1.01 bits per heavy atom. The molecule has 2 aromatic carbocycles. The van der Waals surface area contributed by atoms with E-state index in [1.807, 2.05) is 17.3 Å². The van der Waals surface area contributed by atoms with Gasteiger partial charge in [0.05, 0.1) is 59.3 Å². The van der Waals surface area contributed by atoms with Crippen molar-refractivity contribution < 1.29 is 28.6 Å². The molecule has 2 atom stereocenters. The third-order valence-corrected chi connectivity index (χ3v) is 17.6. The minimum absolute atomic E-state index is 0. The number of piperazine rings is 1. The number of benzene rings is 2. The number of piperidine rings is 1. The van der Waals surface area contributed by atoms with E-state index < -0.39 is 11.9 Å². The van der Waals surface area contributed by atoms with Gasteiger partial charge < -0.3 is 48.5 Å². The number of H-pyrrole nitrogens is 2. The normalized spacial score (nSPS) is 18.6. The molecule has 87 heavy (non-hydrogen) atoms. The number of nitrogens with one attached hydrogen (secondary N) is 2. The summed E-state index contributed by atoms with van der Waals surface area (Å²) in [5.74, 6) is 1.33. The summed E-state index contributed by atoms with van der Waals surface area (Å²) in [6.07, 6.45) is 17.4. The van der Waals surface area contributed by atoms with E-state index in [2.05, 4.69) is 140 Å². The molecule has 6 aromatic rings. The summed E-state index contributed by atoms with van der Waals surface area (Å²) in [5.41, 5.74) is 12.0. The van der Waals surface area contributed by atoms with Crippen LogP contribution in [0.5, 0.6) is 12.0 Å². The van der Waals surface area contributed by atoms with Gasteiger partial charge in [0.25, 0.3) is 0 Å². The van der Waals surface area contributed by atoms with E-state index in [9.17, 15) is 14.4 Å². The van der Waals surface area contributed by atoms with Crippen molar-refractivity contribution in [3.05, 3.63) is 108 Å². The Morgan fingerprint density at radius 1 is 0.563 bits per heavy atom. The standard InChI is InChI=1S/C30H40N8O2.C28H39N7O.C6H6O3.2H2S/c1-5-27(39)36-13-15-37(16-14-36)29-23-10-12-38(28-22(20(2)3)8-9-25-24(28)17-31-34-25)18-26(23)32-30(33-29)40-19-21-7-6-11-35(21)4;1-19(2)21-9-10-24-23(16-29-32-24)26(21)35-15-11-22-25(17-35)30-28(36-18-20-8-7-12-33(20)3)31-27(22)34-13-5-4-6-14-34;1-3-5(7)9-6(8)4-2;;/h5,8-9,17,20-21H,1,6-7,10-16,18-19H2,2-4H3,(H,31,34);9-10,16,19-20H,4-8,11-15,17-18H2,1-3H3,(H,29,32);3-4H,1-2H2;2*1H2/t21-;20-;;;/m00.../s1. The molecule has 0 radical (unpaired) electrons. The molecule has 0 aliphatic carbocycles. The lowest BCUT2D eigenvalue weighted by atomic mass is 9.95. The van der Waals surface area contributed by atoms with Crippen LogP contribution in [-0.2, 0) is 45.1 Å². The second-order valence-electron chi connectivity index (χ2n) is 23.7. The second-order valence-corrected chi connectivity index (χ2v) is 23.7. The fourth-order valence-corrected chi connectivity index (χ4v) is 12.8. The predicted molar refractivity (Wildman–Crippen MR) is 354 cm³/mol. The molecule has 0 spiro atoms. The van der Waals surface area contributed by atoms with E-state index in [1.54, 1.807) is 0 Å². The van der Waals surface area contributed by atoms with Gasteiger partial charge in [0.15, 0.2) is 0 Å². The van der Waals surface area contributed by atoms with Crippen LogP contribution >= 0.6 is 27.0 Å². The van der Waals surface area contributed by atoms with Gasteiger partial charge in [0, 0.05) is 98.5 Å². The number of hydrogen-bond acceptors (Lipinski definition) is 18. The number of carbonyl (C=O) groups is 3. The number of aromatic nitrogens is 8. The largest absolute Gasteiger partial charge is 0.462 e. The maximum atomic E-state index is 12.2. The first-order valence-corrected chi connectivity index (χ1v) is 30.5. The summed E-state index contributed by atoms with van der Waals surface area (Å²) in [6, 6.07) is 10.6. The molecule has 21 nitrogen and oxygen atoms in total. The molecular weight excluding hydrogens is 1140 g/mol. The Hall–Kier alpha value is -7.21. The van der Waals surface area contributed by atoms with Crippen molar-refractivity contribution in [3.8, 4) is 12.0 Å². The number of carbonyl (C=O) groups excluding carboxylic acids is 3. The van der Waals surface area contributed by atoms with Crippen molar-refractivity contribution in [1.82, 2.24) is 55.0 Å². The molecule has 2 N–H and O–H groups in total. The monoisotopic (exact) mass is 1230 g/mol. The molecule has 468 valence electrons. The summed E-state index contributed by atoms with van der Waals surface area (Å²) in [7, 11) is 4.35. The first kappa shape index (κ1) is 65.8. The molecule has 4 fully saturated rings. The highest BCUT2D eigenvalue weighted by Gasteiger charge is 2.33. The second kappa shape index (κ2) is 30.1. The van der Waals surface area contributed by atoms with E-state index in [0.29, 0.717) is 68.8 Å². The fraction of sp³-hybridized carbons (Fsp3) is 0.516. The van der Waals surface area contributed by atoms with Crippen LogP contribution in [0, 0.1) is 0 Å². The Balaban J connectivity index is 0.000000195. The number of amides is 1. The number of hydrogen-bond donors (Lipinski definition) is 2. The quantitative estimate of drug-likeness (QED) is 0.0561. The summed E-state index contributed by atoms with van der Waals surface area (Å²) in [6.45, 7) is 30.5. The molecule has 23 heteroatoms. The van der Waals surface area contributed by atoms with Crippen LogP contribution < -0.4 is 29.1 Å². The zero-order valence-electron chi connectivity index (χ0n) is 51.7. The number of aromatic amines is 2. The fourth-order valence-electron chi connectivity index (χ4n) is 12.8. The number of rotatable bonds is 15. The number of likely N-dealkylation sites (N-methyl/N-ethyl adjacent to an activating group) is 2. The topological polar surface area (TPSA) is 211 Å². The summed E-state index contributed by atoms with van der Waals surface area (Å²) < 4.78 is 16.6. The van der Waals surface area contributed by atoms with Crippen molar-refractivity contribution >= 4 is 89.7 Å². The zero-order valence-corrected chi connectivity index (χ0v) is 53.7. The Morgan fingerprint density at radius 3 is 1.41 bits per heavy atom. The average Bonchev–Trinajstić information content (AvgIpc) is 2.08. The predicted octanol–water partition coefficient (Wildman–Crippen LogP) is 8.50. The van der Waals surface area contributed by atoms with Crippen LogP contribution in [0.1, 0.15) is 118 Å². The maximum Gasteiger partial charge on any atom is 0.338 e. The van der Waals surface area contributed by atoms with Gasteiger partial charge in [-0.2, -0.15) is 57.1 Å². The van der Waals surface area contributed by atoms with E-state index in [1.165, 1.54) is 83.6 Å². The SMILES string of the molecule is C=CC(=O)N1CCN(c2nc(OC[C@@H]3CCCN3C)nc3c2CCN(c2c(C(C)C)ccc4[nH]ncc24)C3)CC1.C=CC(=O)OC(=O)C=C.CC(C)c1ccc2[nH]ncc2c1N1CCc2c(nc(OC[C@@H]3CCCN3C)nc2N2CCCCC2)C1.S.S. The van der Waals surface area contributed by atoms with Crippen molar-refractivity contribution in [1.29, 1.82) is 0 Å². The minimum atomic E-state index is -0.764. The third-order valence-electron chi connectivity index (χ3n) is 17.6. The lowest BCUT2D eigenvalue weighted by Crippen LogP contribution is -2.49. The number of anilines is 4. The number of esters is 2. The molecule has 0 saturated carbocycles. The third kappa shape index (κ3) is 15.2. The number of nitrogens with zero attached hydrogens (tertiary/aromatic N) is 13. The highest BCUT2D eigenvalue weighted by Crippen LogP contribution is 2.41. The lowest BCUT2D eigenvalue weighted by molar-refractivity contribution is -0.152. The van der Waals surface area contributed by atoms with E-state index in [-0.39, 0.29) is 32.9 Å². The molecule has 0 bridgehead atoms. The van der Waals surface area contributed by atoms with Crippen LogP contribution in [0.4, 0.5) is 23.0 Å². The van der Waals surface area contributed by atoms with Crippen molar-refractivity contribution in [2.45, 2.75) is 122 Å². The molecule has 6 aliphatic rings. The number of ether oxygens (including phenoxy) is 3. The summed E-state index contributed by atoms with van der Waals surface area (Å²) in [5, 5.41) is 17.3. The highest BCUT2D eigenvalue weighted by atomic mass is 32.1. The molecular formula is C64H89N15O6S2. The lowest BCUT2D eigenvalue weighted by Gasteiger charge is -2.38. The molecule has 4 saturated heterocycles. The average molecular weight is 1230 g/mol. The van der Waals surface area contributed by atoms with E-state index >= 15 is 0 Å². The molecule has 0 unspecified atom stereocenters.